The van der Waals surface area contributed by atoms with Crippen molar-refractivity contribution in [2.75, 3.05) is 11.2 Å². The molecule has 0 bridgehead atoms. The third-order valence-electron chi connectivity index (χ3n) is 4.26. The van der Waals surface area contributed by atoms with E-state index < -0.39 is 5.25 Å². The second kappa shape index (κ2) is 8.26. The first-order valence-corrected chi connectivity index (χ1v) is 9.60. The number of aryl methyl sites for hydroxylation is 1. The second-order valence-electron chi connectivity index (χ2n) is 6.37. The van der Waals surface area contributed by atoms with Crippen molar-refractivity contribution in [3.05, 3.63) is 59.7 Å². The van der Waals surface area contributed by atoms with Crippen LogP contribution in [-0.4, -0.2) is 31.8 Å². The van der Waals surface area contributed by atoms with Crippen LogP contribution in [0.25, 0.3) is 11.4 Å². The maximum atomic E-state index is 12.5. The van der Waals surface area contributed by atoms with Gasteiger partial charge in [0.05, 0.1) is 5.25 Å². The number of nitrogen functional groups attached to an aromatic ring is 1. The Balaban J connectivity index is 1.69. The number of carbonyl (C=O) groups is 2. The van der Waals surface area contributed by atoms with Gasteiger partial charge in [0.1, 0.15) is 0 Å². The van der Waals surface area contributed by atoms with Gasteiger partial charge in [0, 0.05) is 16.8 Å². The number of hydrogen-bond donors (Lipinski definition) is 2. The SMILES string of the molecule is CC(=O)c1ccc(NC(=O)[C@H](C)Sc2nnc(-c3ccccc3C)n2N)cc1. The number of carbonyl (C=O) groups excluding carboxylic acids is 2. The number of rotatable bonds is 6. The molecule has 3 N–H and O–H groups in total. The Labute approximate surface area is 167 Å². The van der Waals surface area contributed by atoms with Gasteiger partial charge in [-0.3, -0.25) is 9.59 Å². The topological polar surface area (TPSA) is 103 Å². The number of aromatic nitrogens is 3. The number of nitrogens with one attached hydrogen (secondary N) is 1. The van der Waals surface area contributed by atoms with Crippen LogP contribution in [0.1, 0.15) is 29.8 Å². The van der Waals surface area contributed by atoms with Gasteiger partial charge in [0.15, 0.2) is 11.6 Å². The minimum absolute atomic E-state index is 0.0199. The van der Waals surface area contributed by atoms with Crippen LogP contribution in [-0.2, 0) is 4.79 Å². The quantitative estimate of drug-likeness (QED) is 0.377. The highest BCUT2D eigenvalue weighted by Gasteiger charge is 2.20. The van der Waals surface area contributed by atoms with Gasteiger partial charge >= 0.3 is 0 Å². The Morgan fingerprint density at radius 3 is 2.43 bits per heavy atom. The molecule has 0 saturated heterocycles. The number of thioether (sulfide) groups is 1. The number of nitrogens with zero attached hydrogens (tertiary/aromatic N) is 3. The summed E-state index contributed by atoms with van der Waals surface area (Å²) in [5, 5.41) is 11.1. The monoisotopic (exact) mass is 395 g/mol. The molecule has 28 heavy (non-hydrogen) atoms. The summed E-state index contributed by atoms with van der Waals surface area (Å²) < 4.78 is 1.40. The highest BCUT2D eigenvalue weighted by molar-refractivity contribution is 8.00. The molecule has 1 heterocycles. The normalized spacial score (nSPS) is 11.8. The van der Waals surface area contributed by atoms with Crippen LogP contribution in [0.4, 0.5) is 5.69 Å². The van der Waals surface area contributed by atoms with Crippen molar-refractivity contribution < 1.29 is 9.59 Å². The van der Waals surface area contributed by atoms with E-state index in [4.69, 9.17) is 5.84 Å². The lowest BCUT2D eigenvalue weighted by Gasteiger charge is -2.12. The largest absolute Gasteiger partial charge is 0.335 e. The summed E-state index contributed by atoms with van der Waals surface area (Å²) in [6, 6.07) is 14.5. The Morgan fingerprint density at radius 2 is 1.79 bits per heavy atom. The number of benzene rings is 2. The van der Waals surface area contributed by atoms with Gasteiger partial charge < -0.3 is 11.2 Å². The highest BCUT2D eigenvalue weighted by atomic mass is 32.2. The Kier molecular flexibility index (Phi) is 5.79. The third-order valence-corrected chi connectivity index (χ3v) is 5.32. The van der Waals surface area contributed by atoms with E-state index in [0.717, 1.165) is 11.1 Å². The average molecular weight is 395 g/mol. The first kappa shape index (κ1) is 19.6. The fourth-order valence-corrected chi connectivity index (χ4v) is 3.38. The minimum atomic E-state index is -0.441. The van der Waals surface area contributed by atoms with Crippen molar-refractivity contribution >= 4 is 29.1 Å². The summed E-state index contributed by atoms with van der Waals surface area (Å²) in [6.45, 7) is 5.25. The fourth-order valence-electron chi connectivity index (χ4n) is 2.61. The summed E-state index contributed by atoms with van der Waals surface area (Å²) in [4.78, 5) is 23.8. The molecule has 0 aliphatic rings. The van der Waals surface area contributed by atoms with Crippen LogP contribution in [0, 0.1) is 6.92 Å². The molecule has 0 spiro atoms. The molecule has 1 amide bonds. The molecule has 0 unspecified atom stereocenters. The van der Waals surface area contributed by atoms with Crippen molar-refractivity contribution in [2.24, 2.45) is 0 Å². The first-order valence-electron chi connectivity index (χ1n) is 8.72. The summed E-state index contributed by atoms with van der Waals surface area (Å²) >= 11 is 1.23. The highest BCUT2D eigenvalue weighted by Crippen LogP contribution is 2.27. The van der Waals surface area contributed by atoms with E-state index in [2.05, 4.69) is 15.5 Å². The molecule has 8 heteroatoms. The van der Waals surface area contributed by atoms with E-state index in [1.165, 1.54) is 23.4 Å². The molecule has 1 atom stereocenters. The number of nitrogens with two attached hydrogens (primary N) is 1. The maximum absolute atomic E-state index is 12.5. The van der Waals surface area contributed by atoms with Crippen molar-refractivity contribution in [1.82, 2.24) is 14.9 Å². The zero-order valence-electron chi connectivity index (χ0n) is 15.8. The molecule has 0 aliphatic heterocycles. The summed E-state index contributed by atoms with van der Waals surface area (Å²) in [7, 11) is 0. The lowest BCUT2D eigenvalue weighted by molar-refractivity contribution is -0.115. The van der Waals surface area contributed by atoms with Crippen LogP contribution in [0.15, 0.2) is 53.7 Å². The van der Waals surface area contributed by atoms with Crippen molar-refractivity contribution in [3.8, 4) is 11.4 Å². The van der Waals surface area contributed by atoms with Crippen LogP contribution in [0.2, 0.25) is 0 Å². The van der Waals surface area contributed by atoms with Gasteiger partial charge in [0.2, 0.25) is 11.1 Å². The molecule has 2 aromatic carbocycles. The molecule has 7 nitrogen and oxygen atoms in total. The van der Waals surface area contributed by atoms with Gasteiger partial charge in [-0.05, 0) is 50.6 Å². The van der Waals surface area contributed by atoms with Crippen LogP contribution in [0.3, 0.4) is 0 Å². The number of Topliss-reactive ketones (excluding diaryl/α,β-unsaturated/α-hetero) is 1. The van der Waals surface area contributed by atoms with Gasteiger partial charge in [0.25, 0.3) is 0 Å². The van der Waals surface area contributed by atoms with E-state index in [1.807, 2.05) is 31.2 Å². The smallest absolute Gasteiger partial charge is 0.237 e. The van der Waals surface area contributed by atoms with Gasteiger partial charge in [-0.1, -0.05) is 36.0 Å². The molecule has 0 radical (unpaired) electrons. The molecule has 1 aromatic heterocycles. The summed E-state index contributed by atoms with van der Waals surface area (Å²) in [5.74, 6) is 6.49. The first-order chi connectivity index (χ1) is 13.4. The summed E-state index contributed by atoms with van der Waals surface area (Å²) in [5.41, 5.74) is 3.16. The van der Waals surface area contributed by atoms with Crippen molar-refractivity contribution in [1.29, 1.82) is 0 Å². The number of hydrogen-bond acceptors (Lipinski definition) is 6. The lowest BCUT2D eigenvalue weighted by Crippen LogP contribution is -2.23. The fraction of sp³-hybridized carbons (Fsp3) is 0.200. The maximum Gasteiger partial charge on any atom is 0.237 e. The predicted molar refractivity (Wildman–Crippen MR) is 111 cm³/mol. The lowest BCUT2D eigenvalue weighted by atomic mass is 10.1. The number of anilines is 1. The Morgan fingerprint density at radius 1 is 1.11 bits per heavy atom. The standard InChI is InChI=1S/C20H21N5O2S/c1-12-6-4-5-7-17(12)18-23-24-20(25(18)21)28-14(3)19(27)22-16-10-8-15(9-11-16)13(2)26/h4-11,14H,21H2,1-3H3,(H,22,27)/t14-/m0/s1. The van der Waals surface area contributed by atoms with Crippen LogP contribution < -0.4 is 11.2 Å². The van der Waals surface area contributed by atoms with E-state index in [9.17, 15) is 9.59 Å². The van der Waals surface area contributed by atoms with Crippen LogP contribution >= 0.6 is 11.8 Å². The molecule has 3 aromatic rings. The average Bonchev–Trinajstić information content (AvgIpc) is 3.03. The molecular formula is C20H21N5O2S. The number of amides is 1. The van der Waals surface area contributed by atoms with E-state index >= 15 is 0 Å². The third kappa shape index (κ3) is 4.23. The predicted octanol–water partition coefficient (Wildman–Crippen LogP) is 3.29. The molecular weight excluding hydrogens is 374 g/mol. The molecule has 3 rings (SSSR count). The minimum Gasteiger partial charge on any atom is -0.335 e. The van der Waals surface area contributed by atoms with Crippen molar-refractivity contribution in [2.45, 2.75) is 31.2 Å². The van der Waals surface area contributed by atoms with Gasteiger partial charge in [-0.15, -0.1) is 10.2 Å². The second-order valence-corrected chi connectivity index (χ2v) is 7.68. The van der Waals surface area contributed by atoms with Crippen molar-refractivity contribution in [3.63, 3.8) is 0 Å². The van der Waals surface area contributed by atoms with E-state index in [0.29, 0.717) is 22.2 Å². The Hall–Kier alpha value is -3.13. The van der Waals surface area contributed by atoms with Gasteiger partial charge in [-0.2, -0.15) is 0 Å². The zero-order valence-corrected chi connectivity index (χ0v) is 16.7. The number of ketones is 1. The van der Waals surface area contributed by atoms with E-state index in [-0.39, 0.29) is 11.7 Å². The summed E-state index contributed by atoms with van der Waals surface area (Å²) in [6.07, 6.45) is 0. The van der Waals surface area contributed by atoms with Crippen LogP contribution in [0.5, 0.6) is 0 Å². The zero-order chi connectivity index (χ0) is 20.3. The Bertz CT molecular complexity index is 1010. The molecule has 0 saturated carbocycles. The molecule has 0 fully saturated rings. The molecule has 144 valence electrons. The van der Waals surface area contributed by atoms with E-state index in [1.54, 1.807) is 31.2 Å². The molecule has 0 aliphatic carbocycles. The van der Waals surface area contributed by atoms with Gasteiger partial charge in [-0.25, -0.2) is 4.68 Å².